The quantitative estimate of drug-likeness (QED) is 0.900. The van der Waals surface area contributed by atoms with Crippen LogP contribution in [0.4, 0.5) is 0 Å². The van der Waals surface area contributed by atoms with E-state index in [1.165, 1.54) is 33.6 Å². The van der Waals surface area contributed by atoms with Crippen LogP contribution in [0.5, 0.6) is 0 Å². The van der Waals surface area contributed by atoms with Gasteiger partial charge in [0, 0.05) is 23.7 Å². The fraction of sp³-hybridized carbons (Fsp3) is 0.400. The third-order valence-electron chi connectivity index (χ3n) is 3.52. The molecule has 1 unspecified atom stereocenters. The maximum absolute atomic E-state index is 11.1. The largest absolute Gasteiger partial charge is 0.315 e. The average Bonchev–Trinajstić information content (AvgIpc) is 2.77. The van der Waals surface area contributed by atoms with E-state index >= 15 is 0 Å². The Bertz CT molecular complexity index is 627. The number of aryl methyl sites for hydroxylation is 3. The van der Waals surface area contributed by atoms with E-state index in [2.05, 4.69) is 50.1 Å². The summed E-state index contributed by atoms with van der Waals surface area (Å²) in [5.41, 5.74) is 6.22. The van der Waals surface area contributed by atoms with Gasteiger partial charge in [0.05, 0.1) is 0 Å². The number of aromatic nitrogens is 1. The Balaban J connectivity index is 2.09. The van der Waals surface area contributed by atoms with Crippen LogP contribution in [0, 0.1) is 20.8 Å². The van der Waals surface area contributed by atoms with Crippen LogP contribution in [0.3, 0.4) is 0 Å². The second kappa shape index (κ2) is 5.72. The summed E-state index contributed by atoms with van der Waals surface area (Å²) in [5.74, 6) is 0. The molecule has 3 nitrogen and oxygen atoms in total. The molecule has 2 rings (SSSR count). The molecule has 19 heavy (non-hydrogen) atoms. The van der Waals surface area contributed by atoms with Gasteiger partial charge in [-0.1, -0.05) is 23.5 Å². The maximum Gasteiger partial charge on any atom is 0.304 e. The molecule has 1 atom stereocenters. The number of rotatable bonds is 4. The van der Waals surface area contributed by atoms with Crippen molar-refractivity contribution in [3.8, 4) is 0 Å². The van der Waals surface area contributed by atoms with Crippen LogP contribution in [-0.4, -0.2) is 4.98 Å². The van der Waals surface area contributed by atoms with Crippen molar-refractivity contribution in [3.63, 3.8) is 0 Å². The topological polar surface area (TPSA) is 44.9 Å². The zero-order valence-electron chi connectivity index (χ0n) is 11.8. The fourth-order valence-electron chi connectivity index (χ4n) is 2.22. The summed E-state index contributed by atoms with van der Waals surface area (Å²) in [6.45, 7) is 9.27. The highest BCUT2D eigenvalue weighted by Crippen LogP contribution is 2.21. The minimum Gasteiger partial charge on any atom is -0.315 e. The van der Waals surface area contributed by atoms with Gasteiger partial charge in [-0.25, -0.2) is 0 Å². The van der Waals surface area contributed by atoms with E-state index in [0.29, 0.717) is 6.54 Å². The van der Waals surface area contributed by atoms with Gasteiger partial charge in [0.1, 0.15) is 0 Å². The number of H-pyrrole nitrogens is 1. The second-order valence-corrected chi connectivity index (χ2v) is 5.91. The molecule has 1 aromatic carbocycles. The van der Waals surface area contributed by atoms with Crippen LogP contribution in [-0.2, 0) is 6.54 Å². The Labute approximate surface area is 117 Å². The minimum absolute atomic E-state index is 0.00631. The Morgan fingerprint density at radius 1 is 1.21 bits per heavy atom. The number of benzene rings is 1. The Morgan fingerprint density at radius 3 is 2.53 bits per heavy atom. The Kier molecular flexibility index (Phi) is 4.22. The maximum atomic E-state index is 11.1. The first-order chi connectivity index (χ1) is 8.97. The number of hydrogen-bond donors (Lipinski definition) is 2. The number of aromatic amines is 1. The molecule has 0 saturated heterocycles. The normalized spacial score (nSPS) is 12.6. The molecule has 2 N–H and O–H groups in total. The van der Waals surface area contributed by atoms with Crippen molar-refractivity contribution in [2.45, 2.75) is 40.3 Å². The highest BCUT2D eigenvalue weighted by molar-refractivity contribution is 7.07. The molecule has 0 spiro atoms. The van der Waals surface area contributed by atoms with Crippen molar-refractivity contribution >= 4 is 11.3 Å². The molecule has 0 saturated carbocycles. The highest BCUT2D eigenvalue weighted by Gasteiger charge is 2.10. The lowest BCUT2D eigenvalue weighted by molar-refractivity contribution is 0.566. The smallest absolute Gasteiger partial charge is 0.304 e. The van der Waals surface area contributed by atoms with E-state index in [9.17, 15) is 4.79 Å². The Hall–Kier alpha value is -1.39. The summed E-state index contributed by atoms with van der Waals surface area (Å²) in [7, 11) is 0. The van der Waals surface area contributed by atoms with E-state index in [1.807, 2.05) is 5.38 Å². The van der Waals surface area contributed by atoms with Gasteiger partial charge in [-0.15, -0.1) is 0 Å². The van der Waals surface area contributed by atoms with E-state index < -0.39 is 0 Å². The third kappa shape index (κ3) is 3.33. The van der Waals surface area contributed by atoms with Gasteiger partial charge < -0.3 is 10.3 Å². The van der Waals surface area contributed by atoms with Crippen LogP contribution < -0.4 is 10.2 Å². The SMILES string of the molecule is Cc1cc(C)c(C(C)NCc2csc(=O)[nH]2)cc1C. The van der Waals surface area contributed by atoms with Crippen molar-refractivity contribution in [2.24, 2.45) is 0 Å². The first-order valence-corrected chi connectivity index (χ1v) is 7.33. The van der Waals surface area contributed by atoms with Crippen LogP contribution >= 0.6 is 11.3 Å². The summed E-state index contributed by atoms with van der Waals surface area (Å²) in [6.07, 6.45) is 0. The Morgan fingerprint density at radius 2 is 1.89 bits per heavy atom. The molecular weight excluding hydrogens is 256 g/mol. The fourth-order valence-corrected chi connectivity index (χ4v) is 2.80. The lowest BCUT2D eigenvalue weighted by Gasteiger charge is -2.18. The average molecular weight is 276 g/mol. The molecule has 4 heteroatoms. The number of hydrogen-bond acceptors (Lipinski definition) is 3. The highest BCUT2D eigenvalue weighted by atomic mass is 32.1. The summed E-state index contributed by atoms with van der Waals surface area (Å²) in [5, 5.41) is 5.32. The van der Waals surface area contributed by atoms with E-state index in [0.717, 1.165) is 5.69 Å². The lowest BCUT2D eigenvalue weighted by atomic mass is 9.96. The van der Waals surface area contributed by atoms with Gasteiger partial charge in [-0.2, -0.15) is 0 Å². The molecule has 0 bridgehead atoms. The van der Waals surface area contributed by atoms with Crippen molar-refractivity contribution in [2.75, 3.05) is 0 Å². The first-order valence-electron chi connectivity index (χ1n) is 6.45. The van der Waals surface area contributed by atoms with Gasteiger partial charge in [0.2, 0.25) is 0 Å². The van der Waals surface area contributed by atoms with Gasteiger partial charge in [-0.3, -0.25) is 4.79 Å². The second-order valence-electron chi connectivity index (χ2n) is 5.07. The predicted molar refractivity (Wildman–Crippen MR) is 80.8 cm³/mol. The van der Waals surface area contributed by atoms with E-state index in [4.69, 9.17) is 0 Å². The zero-order chi connectivity index (χ0) is 14.0. The molecule has 1 aromatic heterocycles. The molecule has 2 aromatic rings. The van der Waals surface area contributed by atoms with Crippen molar-refractivity contribution in [1.29, 1.82) is 0 Å². The molecular formula is C15H20N2OS. The first kappa shape index (κ1) is 14.0. The zero-order valence-corrected chi connectivity index (χ0v) is 12.6. The number of thiazole rings is 1. The van der Waals surface area contributed by atoms with Crippen LogP contribution in [0.2, 0.25) is 0 Å². The summed E-state index contributed by atoms with van der Waals surface area (Å²) >= 11 is 1.21. The molecule has 0 radical (unpaired) electrons. The van der Waals surface area contributed by atoms with Crippen molar-refractivity contribution < 1.29 is 0 Å². The van der Waals surface area contributed by atoms with Crippen molar-refractivity contribution in [3.05, 3.63) is 55.1 Å². The summed E-state index contributed by atoms with van der Waals surface area (Å²) < 4.78 is 0. The van der Waals surface area contributed by atoms with E-state index in [1.54, 1.807) is 0 Å². The molecule has 0 aliphatic carbocycles. The predicted octanol–water partition coefficient (Wildman–Crippen LogP) is 3.21. The van der Waals surface area contributed by atoms with E-state index in [-0.39, 0.29) is 10.9 Å². The van der Waals surface area contributed by atoms with Gasteiger partial charge in [0.15, 0.2) is 0 Å². The lowest BCUT2D eigenvalue weighted by Crippen LogP contribution is -2.19. The standard InChI is InChI=1S/C15H20N2OS/c1-9-5-11(3)14(6-10(9)2)12(4)16-7-13-8-19-15(18)17-13/h5-6,8,12,16H,7H2,1-4H3,(H,17,18). The monoisotopic (exact) mass is 276 g/mol. The van der Waals surface area contributed by atoms with Crippen LogP contribution in [0.25, 0.3) is 0 Å². The molecule has 102 valence electrons. The third-order valence-corrected chi connectivity index (χ3v) is 4.24. The molecule has 0 amide bonds. The van der Waals surface area contributed by atoms with Gasteiger partial charge in [0.25, 0.3) is 0 Å². The van der Waals surface area contributed by atoms with Crippen LogP contribution in [0.1, 0.15) is 40.9 Å². The van der Waals surface area contributed by atoms with Crippen molar-refractivity contribution in [1.82, 2.24) is 10.3 Å². The van der Waals surface area contributed by atoms with Crippen LogP contribution in [0.15, 0.2) is 22.3 Å². The minimum atomic E-state index is 0.00631. The molecule has 1 heterocycles. The number of nitrogens with one attached hydrogen (secondary N) is 2. The molecule has 0 aliphatic heterocycles. The summed E-state index contributed by atoms with van der Waals surface area (Å²) in [6, 6.07) is 4.75. The molecule has 0 fully saturated rings. The summed E-state index contributed by atoms with van der Waals surface area (Å²) in [4.78, 5) is 13.9. The molecule has 0 aliphatic rings. The van der Waals surface area contributed by atoms with Gasteiger partial charge in [-0.05, 0) is 49.9 Å². The van der Waals surface area contributed by atoms with Gasteiger partial charge >= 0.3 is 4.87 Å².